The molecule has 0 radical (unpaired) electrons. The van der Waals surface area contributed by atoms with Crippen molar-refractivity contribution >= 4 is 33.2 Å². The number of nitrogens with one attached hydrogen (secondary N) is 1. The zero-order valence-electron chi connectivity index (χ0n) is 14.7. The summed E-state index contributed by atoms with van der Waals surface area (Å²) in [4.78, 5) is 11.9. The summed E-state index contributed by atoms with van der Waals surface area (Å²) < 4.78 is 40.4. The lowest BCUT2D eigenvalue weighted by molar-refractivity contribution is 0.102. The van der Waals surface area contributed by atoms with Gasteiger partial charge in [-0.25, -0.2) is 12.8 Å². The molecule has 0 bridgehead atoms. The fourth-order valence-corrected chi connectivity index (χ4v) is 4.15. The van der Waals surface area contributed by atoms with Gasteiger partial charge in [-0.1, -0.05) is 25.4 Å². The van der Waals surface area contributed by atoms with Gasteiger partial charge in [-0.3, -0.25) is 4.79 Å². The minimum absolute atomic E-state index is 0.0319. The van der Waals surface area contributed by atoms with Crippen LogP contribution in [0.5, 0.6) is 0 Å². The normalized spacial score (nSPS) is 11.3. The lowest BCUT2D eigenvalue weighted by atomic mass is 10.2. The van der Waals surface area contributed by atoms with Gasteiger partial charge in [0.25, 0.3) is 5.91 Å². The molecule has 0 aliphatic carbocycles. The van der Waals surface area contributed by atoms with Gasteiger partial charge in [-0.2, -0.15) is 9.57 Å². The van der Waals surface area contributed by atoms with E-state index in [-0.39, 0.29) is 29.2 Å². The van der Waals surface area contributed by atoms with Crippen molar-refractivity contribution in [2.45, 2.75) is 18.7 Å². The number of carbonyl (C=O) groups is 1. The van der Waals surface area contributed by atoms with Crippen LogP contribution in [0.4, 0.5) is 10.1 Å². The minimum Gasteiger partial charge on any atom is -0.322 e. The van der Waals surface area contributed by atoms with Gasteiger partial charge >= 0.3 is 0 Å². The Morgan fingerprint density at radius 2 is 1.89 bits per heavy atom. The highest BCUT2D eigenvalue weighted by Gasteiger charge is 2.26. The molecule has 0 atom stereocenters. The van der Waals surface area contributed by atoms with Crippen molar-refractivity contribution in [3.05, 3.63) is 58.4 Å². The maximum atomic E-state index is 14.1. The van der Waals surface area contributed by atoms with Crippen LogP contribution in [0.1, 0.15) is 29.8 Å². The number of anilines is 1. The number of hydrogen-bond donors (Lipinski definition) is 1. The summed E-state index contributed by atoms with van der Waals surface area (Å²) in [6.07, 6.45) is 0. The van der Waals surface area contributed by atoms with Crippen molar-refractivity contribution in [2.24, 2.45) is 0 Å². The number of nitriles is 1. The summed E-state index contributed by atoms with van der Waals surface area (Å²) in [7, 11) is -4.06. The molecule has 0 fully saturated rings. The molecular weight excluding hydrogens is 393 g/mol. The van der Waals surface area contributed by atoms with Crippen molar-refractivity contribution in [3.63, 3.8) is 0 Å². The summed E-state index contributed by atoms with van der Waals surface area (Å²) in [5.41, 5.74) is 0.451. The molecule has 2 rings (SSSR count). The second-order valence-electron chi connectivity index (χ2n) is 5.50. The van der Waals surface area contributed by atoms with Gasteiger partial charge in [0, 0.05) is 24.3 Å². The molecule has 0 aliphatic heterocycles. The molecule has 0 heterocycles. The molecule has 0 unspecified atom stereocenters. The van der Waals surface area contributed by atoms with E-state index in [2.05, 4.69) is 5.32 Å². The van der Waals surface area contributed by atoms with E-state index in [4.69, 9.17) is 16.9 Å². The smallest absolute Gasteiger partial charge is 0.255 e. The molecular formula is C18H17ClFN3O3S. The van der Waals surface area contributed by atoms with Crippen LogP contribution in [0.25, 0.3) is 0 Å². The summed E-state index contributed by atoms with van der Waals surface area (Å²) in [5, 5.41) is 11.8. The number of nitrogens with zero attached hydrogens (tertiary/aromatic N) is 2. The zero-order chi connectivity index (χ0) is 20.2. The maximum absolute atomic E-state index is 14.1. The molecule has 9 heteroatoms. The van der Waals surface area contributed by atoms with Crippen molar-refractivity contribution in [2.75, 3.05) is 18.4 Å². The highest BCUT2D eigenvalue weighted by atomic mass is 35.5. The van der Waals surface area contributed by atoms with Gasteiger partial charge in [-0.05, 0) is 36.4 Å². The fraction of sp³-hybridized carbons (Fsp3) is 0.222. The Morgan fingerprint density at radius 3 is 2.48 bits per heavy atom. The van der Waals surface area contributed by atoms with Crippen molar-refractivity contribution in [3.8, 4) is 6.07 Å². The highest BCUT2D eigenvalue weighted by Crippen LogP contribution is 2.23. The Bertz CT molecular complexity index is 1010. The van der Waals surface area contributed by atoms with Crippen LogP contribution in [-0.2, 0) is 10.0 Å². The van der Waals surface area contributed by atoms with Crippen molar-refractivity contribution in [1.82, 2.24) is 4.31 Å². The molecule has 0 spiro atoms. The average molecular weight is 410 g/mol. The van der Waals surface area contributed by atoms with E-state index in [0.29, 0.717) is 5.69 Å². The fourth-order valence-electron chi connectivity index (χ4n) is 2.44. The van der Waals surface area contributed by atoms with Gasteiger partial charge in [0.05, 0.1) is 10.6 Å². The Balaban J connectivity index is 2.38. The molecule has 142 valence electrons. The molecule has 27 heavy (non-hydrogen) atoms. The molecule has 0 saturated carbocycles. The molecule has 0 aliphatic rings. The first-order valence-corrected chi connectivity index (χ1v) is 9.87. The zero-order valence-corrected chi connectivity index (χ0v) is 16.2. The van der Waals surface area contributed by atoms with Crippen LogP contribution < -0.4 is 5.32 Å². The Morgan fingerprint density at radius 1 is 1.22 bits per heavy atom. The molecule has 6 nitrogen and oxygen atoms in total. The first kappa shape index (κ1) is 20.8. The summed E-state index contributed by atoms with van der Waals surface area (Å²) in [6.45, 7) is 3.64. The molecule has 2 aromatic carbocycles. The number of hydrogen-bond acceptors (Lipinski definition) is 4. The molecule has 2 aromatic rings. The lowest BCUT2D eigenvalue weighted by Crippen LogP contribution is -2.31. The van der Waals surface area contributed by atoms with Crippen LogP contribution in [0.15, 0.2) is 41.3 Å². The molecule has 0 aromatic heterocycles. The van der Waals surface area contributed by atoms with E-state index in [9.17, 15) is 17.6 Å². The third kappa shape index (κ3) is 4.45. The molecule has 0 saturated heterocycles. The lowest BCUT2D eigenvalue weighted by Gasteiger charge is -2.19. The number of benzene rings is 2. The Kier molecular flexibility index (Phi) is 6.54. The number of sulfonamides is 1. The van der Waals surface area contributed by atoms with E-state index in [1.807, 2.05) is 6.07 Å². The monoisotopic (exact) mass is 409 g/mol. The predicted molar refractivity (Wildman–Crippen MR) is 101 cm³/mol. The third-order valence-electron chi connectivity index (χ3n) is 3.86. The van der Waals surface area contributed by atoms with Crippen LogP contribution in [0, 0.1) is 17.1 Å². The van der Waals surface area contributed by atoms with E-state index in [0.717, 1.165) is 16.4 Å². The third-order valence-corrected chi connectivity index (χ3v) is 6.26. The van der Waals surface area contributed by atoms with E-state index in [1.165, 1.54) is 24.3 Å². The minimum atomic E-state index is -4.06. The molecule has 1 N–H and O–H groups in total. The van der Waals surface area contributed by atoms with Gasteiger partial charge in [0.2, 0.25) is 10.0 Å². The molecule has 1 amide bonds. The average Bonchev–Trinajstić information content (AvgIpc) is 2.64. The predicted octanol–water partition coefficient (Wildman–Crippen LogP) is 3.63. The topological polar surface area (TPSA) is 90.3 Å². The second-order valence-corrected chi connectivity index (χ2v) is 7.81. The second kappa shape index (κ2) is 8.48. The Hall–Kier alpha value is -2.47. The van der Waals surface area contributed by atoms with Crippen LogP contribution in [-0.4, -0.2) is 31.7 Å². The van der Waals surface area contributed by atoms with Crippen LogP contribution in [0.2, 0.25) is 5.02 Å². The van der Waals surface area contributed by atoms with Gasteiger partial charge in [-0.15, -0.1) is 0 Å². The highest BCUT2D eigenvalue weighted by molar-refractivity contribution is 7.89. The summed E-state index contributed by atoms with van der Waals surface area (Å²) >= 11 is 5.85. The van der Waals surface area contributed by atoms with Gasteiger partial charge < -0.3 is 5.32 Å². The largest absolute Gasteiger partial charge is 0.322 e. The number of rotatable bonds is 6. The Labute approximate surface area is 162 Å². The maximum Gasteiger partial charge on any atom is 0.255 e. The van der Waals surface area contributed by atoms with Gasteiger partial charge in [0.15, 0.2) is 0 Å². The summed E-state index contributed by atoms with van der Waals surface area (Å²) in [6, 6.07) is 9.36. The van der Waals surface area contributed by atoms with Crippen LogP contribution in [0.3, 0.4) is 0 Å². The summed E-state index contributed by atoms with van der Waals surface area (Å²) in [5.74, 6) is -1.58. The van der Waals surface area contributed by atoms with E-state index in [1.54, 1.807) is 13.8 Å². The van der Waals surface area contributed by atoms with Crippen LogP contribution >= 0.6 is 11.6 Å². The van der Waals surface area contributed by atoms with Crippen molar-refractivity contribution in [1.29, 1.82) is 5.26 Å². The number of amides is 1. The first-order valence-electron chi connectivity index (χ1n) is 8.05. The SMILES string of the molecule is CCN(CC)S(=O)(=O)c1cc(C(=O)Nc2ccc(Cl)c(C#N)c2)ccc1F. The standard InChI is InChI=1S/C18H17ClFN3O3S/c1-3-23(4-2)27(25,26)17-10-12(5-8-16(17)20)18(24)22-14-6-7-15(19)13(9-14)11-21/h5-10H,3-4H2,1-2H3,(H,22,24). The first-order chi connectivity index (χ1) is 12.7. The van der Waals surface area contributed by atoms with E-state index < -0.39 is 26.6 Å². The van der Waals surface area contributed by atoms with E-state index >= 15 is 0 Å². The van der Waals surface area contributed by atoms with Crippen molar-refractivity contribution < 1.29 is 17.6 Å². The quantitative estimate of drug-likeness (QED) is 0.788. The number of halogens is 2. The van der Waals surface area contributed by atoms with Gasteiger partial charge in [0.1, 0.15) is 16.8 Å². The number of carbonyl (C=O) groups excluding carboxylic acids is 1.